The molecule has 1 atom stereocenters. The molecule has 1 aromatic heterocycles. The molecule has 0 aliphatic carbocycles. The summed E-state index contributed by atoms with van der Waals surface area (Å²) in [7, 11) is -3.52. The Bertz CT molecular complexity index is 841. The van der Waals surface area contributed by atoms with E-state index < -0.39 is 10.0 Å². The summed E-state index contributed by atoms with van der Waals surface area (Å²) in [5, 5.41) is 0. The van der Waals surface area contributed by atoms with Crippen LogP contribution in [0.25, 0.3) is 0 Å². The van der Waals surface area contributed by atoms with Gasteiger partial charge in [0.2, 0.25) is 10.0 Å². The number of H-pyrrole nitrogens is 1. The second-order valence-electron chi connectivity index (χ2n) is 5.89. The van der Waals surface area contributed by atoms with Crippen LogP contribution >= 0.6 is 12.2 Å². The second-order valence-corrected chi connectivity index (χ2v) is 8.19. The molecule has 3 rings (SSSR count). The molecule has 0 radical (unpaired) electrons. The van der Waals surface area contributed by atoms with E-state index in [4.69, 9.17) is 12.2 Å². The summed E-state index contributed by atoms with van der Waals surface area (Å²) in [4.78, 5) is 3.36. The Morgan fingerprint density at radius 3 is 2.61 bits per heavy atom. The molecule has 0 bridgehead atoms. The van der Waals surface area contributed by atoms with Gasteiger partial charge in [-0.25, -0.2) is 8.42 Å². The van der Waals surface area contributed by atoms with Crippen LogP contribution in [0.5, 0.6) is 0 Å². The second kappa shape index (κ2) is 6.55. The monoisotopic (exact) mass is 348 g/mol. The van der Waals surface area contributed by atoms with Crippen LogP contribution in [-0.4, -0.2) is 24.3 Å². The summed E-state index contributed by atoms with van der Waals surface area (Å²) in [5.74, 6) is 0. The van der Waals surface area contributed by atoms with Crippen LogP contribution in [0.4, 0.5) is 0 Å². The zero-order chi connectivity index (χ0) is 16.4. The number of hydrogen-bond donors (Lipinski definition) is 1. The first kappa shape index (κ1) is 16.4. The van der Waals surface area contributed by atoms with E-state index in [1.807, 2.05) is 31.2 Å². The van der Waals surface area contributed by atoms with Gasteiger partial charge in [0.15, 0.2) is 0 Å². The Morgan fingerprint density at radius 2 is 1.91 bits per heavy atom. The molecule has 2 heterocycles. The van der Waals surface area contributed by atoms with Crippen LogP contribution in [0, 0.1) is 11.6 Å². The molecule has 0 amide bonds. The van der Waals surface area contributed by atoms with Gasteiger partial charge in [-0.3, -0.25) is 0 Å². The standard InChI is InChI=1S/C17H20N2O2S2/c1-13-7-9-14(10-8-13)23(20,21)19-12-3-2-6-16(19)15-5-4-11-18-17(15)22/h4-5,7-11,16H,2-3,6,12H2,1H3,(H,18,22). The van der Waals surface area contributed by atoms with Gasteiger partial charge in [-0.05, 0) is 38.0 Å². The maximum Gasteiger partial charge on any atom is 0.243 e. The molecule has 6 heteroatoms. The summed E-state index contributed by atoms with van der Waals surface area (Å²) in [6.45, 7) is 2.48. The number of sulfonamides is 1. The highest BCUT2D eigenvalue weighted by Gasteiger charge is 2.34. The van der Waals surface area contributed by atoms with Crippen LogP contribution < -0.4 is 0 Å². The van der Waals surface area contributed by atoms with E-state index in [0.717, 1.165) is 30.4 Å². The molecule has 2 aromatic rings. The van der Waals surface area contributed by atoms with Crippen LogP contribution in [0.1, 0.15) is 36.4 Å². The predicted octanol–water partition coefficient (Wildman–Crippen LogP) is 3.97. The number of nitrogens with zero attached hydrogens (tertiary/aromatic N) is 1. The quantitative estimate of drug-likeness (QED) is 0.854. The van der Waals surface area contributed by atoms with Crippen molar-refractivity contribution < 1.29 is 8.42 Å². The molecule has 1 aliphatic heterocycles. The normalized spacial score (nSPS) is 19.6. The molecular formula is C17H20N2O2S2. The van der Waals surface area contributed by atoms with Gasteiger partial charge >= 0.3 is 0 Å². The minimum atomic E-state index is -3.52. The average molecular weight is 348 g/mol. The lowest BCUT2D eigenvalue weighted by Crippen LogP contribution is -2.38. The lowest BCUT2D eigenvalue weighted by molar-refractivity contribution is 0.255. The molecule has 1 aromatic carbocycles. The Morgan fingerprint density at radius 1 is 1.17 bits per heavy atom. The third-order valence-electron chi connectivity index (χ3n) is 4.29. The van der Waals surface area contributed by atoms with E-state index in [1.54, 1.807) is 22.6 Å². The summed E-state index contributed by atoms with van der Waals surface area (Å²) in [6, 6.07) is 10.6. The number of piperidine rings is 1. The maximum absolute atomic E-state index is 13.1. The third-order valence-corrected chi connectivity index (χ3v) is 6.56. The fourth-order valence-corrected chi connectivity index (χ4v) is 4.99. The number of aryl methyl sites for hydroxylation is 1. The molecule has 1 aliphatic rings. The Hall–Kier alpha value is -1.50. The molecule has 1 fully saturated rings. The highest BCUT2D eigenvalue weighted by Crippen LogP contribution is 2.35. The zero-order valence-corrected chi connectivity index (χ0v) is 14.7. The van der Waals surface area contributed by atoms with Crippen LogP contribution in [0.2, 0.25) is 0 Å². The van der Waals surface area contributed by atoms with Crippen molar-refractivity contribution in [2.45, 2.75) is 37.1 Å². The highest BCUT2D eigenvalue weighted by molar-refractivity contribution is 7.89. The fourth-order valence-electron chi connectivity index (χ4n) is 3.05. The smallest absolute Gasteiger partial charge is 0.243 e. The summed E-state index contributed by atoms with van der Waals surface area (Å²) in [5.41, 5.74) is 1.93. The number of hydrogen-bond acceptors (Lipinski definition) is 3. The van der Waals surface area contributed by atoms with E-state index >= 15 is 0 Å². The van der Waals surface area contributed by atoms with Gasteiger partial charge in [0, 0.05) is 18.3 Å². The Balaban J connectivity index is 2.03. The Labute approximate surface area is 142 Å². The molecular weight excluding hydrogens is 328 g/mol. The summed E-state index contributed by atoms with van der Waals surface area (Å²) >= 11 is 5.37. The predicted molar refractivity (Wildman–Crippen MR) is 93.3 cm³/mol. The number of rotatable bonds is 3. The van der Waals surface area contributed by atoms with Crippen molar-refractivity contribution in [1.29, 1.82) is 0 Å². The molecule has 0 spiro atoms. The number of benzene rings is 1. The maximum atomic E-state index is 13.1. The molecule has 1 unspecified atom stereocenters. The average Bonchev–Trinajstić information content (AvgIpc) is 2.56. The lowest BCUT2D eigenvalue weighted by Gasteiger charge is -2.34. The van der Waals surface area contributed by atoms with E-state index in [1.165, 1.54) is 0 Å². The van der Waals surface area contributed by atoms with Crippen molar-refractivity contribution in [3.63, 3.8) is 0 Å². The van der Waals surface area contributed by atoms with Gasteiger partial charge in [0.05, 0.1) is 10.9 Å². The van der Waals surface area contributed by atoms with Crippen molar-refractivity contribution in [2.75, 3.05) is 6.54 Å². The molecule has 23 heavy (non-hydrogen) atoms. The number of pyridine rings is 1. The third kappa shape index (κ3) is 3.24. The van der Waals surface area contributed by atoms with Gasteiger partial charge in [0.25, 0.3) is 0 Å². The largest absolute Gasteiger partial charge is 0.353 e. The van der Waals surface area contributed by atoms with E-state index in [2.05, 4.69) is 4.98 Å². The van der Waals surface area contributed by atoms with Gasteiger partial charge in [-0.15, -0.1) is 0 Å². The fraction of sp³-hybridized carbons (Fsp3) is 0.353. The minimum absolute atomic E-state index is 0.194. The first-order valence-electron chi connectivity index (χ1n) is 7.76. The first-order chi connectivity index (χ1) is 11.0. The molecule has 122 valence electrons. The van der Waals surface area contributed by atoms with Gasteiger partial charge in [-0.2, -0.15) is 4.31 Å². The summed E-state index contributed by atoms with van der Waals surface area (Å²) < 4.78 is 28.4. The molecule has 0 saturated carbocycles. The topological polar surface area (TPSA) is 53.2 Å². The van der Waals surface area contributed by atoms with Crippen LogP contribution in [-0.2, 0) is 10.0 Å². The van der Waals surface area contributed by atoms with Crippen LogP contribution in [0.3, 0.4) is 0 Å². The van der Waals surface area contributed by atoms with Gasteiger partial charge < -0.3 is 4.98 Å². The Kier molecular flexibility index (Phi) is 4.66. The van der Waals surface area contributed by atoms with Gasteiger partial charge in [-0.1, -0.05) is 42.4 Å². The summed E-state index contributed by atoms with van der Waals surface area (Å²) in [6.07, 6.45) is 4.46. The van der Waals surface area contributed by atoms with Crippen molar-refractivity contribution in [3.05, 3.63) is 58.4 Å². The molecule has 4 nitrogen and oxygen atoms in total. The van der Waals surface area contributed by atoms with Crippen molar-refractivity contribution in [1.82, 2.24) is 9.29 Å². The SMILES string of the molecule is Cc1ccc(S(=O)(=O)N2CCCCC2c2ccc[nH]c2=S)cc1. The van der Waals surface area contributed by atoms with Gasteiger partial charge in [0.1, 0.15) is 4.64 Å². The lowest BCUT2D eigenvalue weighted by atomic mass is 9.99. The number of aromatic nitrogens is 1. The van der Waals surface area contributed by atoms with Crippen LogP contribution in [0.15, 0.2) is 47.5 Å². The highest BCUT2D eigenvalue weighted by atomic mass is 32.2. The van der Waals surface area contributed by atoms with E-state index in [9.17, 15) is 8.42 Å². The molecule has 1 N–H and O–H groups in total. The molecule has 1 saturated heterocycles. The zero-order valence-electron chi connectivity index (χ0n) is 13.0. The van der Waals surface area contributed by atoms with Crippen molar-refractivity contribution in [2.24, 2.45) is 0 Å². The van der Waals surface area contributed by atoms with Crippen molar-refractivity contribution >= 4 is 22.2 Å². The number of aromatic amines is 1. The van der Waals surface area contributed by atoms with Crippen molar-refractivity contribution in [3.8, 4) is 0 Å². The van der Waals surface area contributed by atoms with E-state index in [0.29, 0.717) is 16.1 Å². The van der Waals surface area contributed by atoms with E-state index in [-0.39, 0.29) is 6.04 Å². The number of nitrogens with one attached hydrogen (secondary N) is 1. The minimum Gasteiger partial charge on any atom is -0.353 e. The first-order valence-corrected chi connectivity index (χ1v) is 9.61.